The van der Waals surface area contributed by atoms with Crippen LogP contribution in [0.15, 0.2) is 48.8 Å². The number of nitrogens with one attached hydrogen (secondary N) is 2. The third kappa shape index (κ3) is 4.15. The van der Waals surface area contributed by atoms with Crippen molar-refractivity contribution in [3.63, 3.8) is 0 Å². The van der Waals surface area contributed by atoms with Crippen LogP contribution in [0.3, 0.4) is 0 Å². The second kappa shape index (κ2) is 8.66. The Labute approximate surface area is 171 Å². The van der Waals surface area contributed by atoms with Gasteiger partial charge in [-0.05, 0) is 29.8 Å². The molecule has 0 saturated carbocycles. The zero-order chi connectivity index (χ0) is 19.3. The number of aromatic amines is 1. The van der Waals surface area contributed by atoms with E-state index in [0.29, 0.717) is 22.1 Å². The van der Waals surface area contributed by atoms with E-state index in [1.807, 2.05) is 42.1 Å². The van der Waals surface area contributed by atoms with Crippen LogP contribution in [0.5, 0.6) is 0 Å². The van der Waals surface area contributed by atoms with Gasteiger partial charge in [0.1, 0.15) is 16.5 Å². The predicted molar refractivity (Wildman–Crippen MR) is 113 cm³/mol. The van der Waals surface area contributed by atoms with Gasteiger partial charge in [0.2, 0.25) is 0 Å². The van der Waals surface area contributed by atoms with E-state index in [1.165, 1.54) is 0 Å². The van der Waals surface area contributed by atoms with Crippen molar-refractivity contribution in [2.45, 2.75) is 6.04 Å². The summed E-state index contributed by atoms with van der Waals surface area (Å²) in [5.41, 5.74) is 2.63. The monoisotopic (exact) mass is 414 g/mol. The van der Waals surface area contributed by atoms with E-state index in [-0.39, 0.29) is 5.82 Å². The first kappa shape index (κ1) is 18.8. The fraction of sp³-hybridized carbons (Fsp3) is 0.263. The number of hydrogen-bond acceptors (Lipinski definition) is 6. The van der Waals surface area contributed by atoms with Gasteiger partial charge in [0.25, 0.3) is 0 Å². The predicted octanol–water partition coefficient (Wildman–Crippen LogP) is 2.95. The van der Waals surface area contributed by atoms with Gasteiger partial charge in [-0.2, -0.15) is 27.2 Å². The highest BCUT2D eigenvalue weighted by molar-refractivity contribution is 7.99. The number of H-pyrrole nitrogens is 1. The lowest BCUT2D eigenvalue weighted by molar-refractivity contribution is 0.612. The number of thiocarbonyl (C=S) groups is 1. The number of pyridine rings is 1. The minimum atomic E-state index is -0.436. The molecule has 1 saturated heterocycles. The Morgan fingerprint density at radius 3 is 2.79 bits per heavy atom. The number of benzene rings is 1. The Hall–Kier alpha value is -2.52. The Balaban J connectivity index is 1.62. The quantitative estimate of drug-likeness (QED) is 0.622. The van der Waals surface area contributed by atoms with Gasteiger partial charge < -0.3 is 10.2 Å². The molecule has 1 unspecified atom stereocenters. The van der Waals surface area contributed by atoms with Gasteiger partial charge in [0.15, 0.2) is 0 Å². The van der Waals surface area contributed by atoms with Crippen molar-refractivity contribution >= 4 is 34.7 Å². The summed E-state index contributed by atoms with van der Waals surface area (Å²) in [7, 11) is 0. The maximum atomic E-state index is 14.9. The first-order valence-electron chi connectivity index (χ1n) is 8.92. The number of anilines is 1. The molecule has 0 radical (unpaired) electrons. The molecule has 3 aromatic rings. The number of rotatable bonds is 5. The highest BCUT2D eigenvalue weighted by Gasteiger charge is 2.22. The summed E-state index contributed by atoms with van der Waals surface area (Å²) in [6, 6.07) is 10.4. The molecule has 1 aliphatic rings. The van der Waals surface area contributed by atoms with Crippen LogP contribution in [0.1, 0.15) is 23.0 Å². The summed E-state index contributed by atoms with van der Waals surface area (Å²) in [5, 5.41) is 13.9. The molecule has 6 nitrogen and oxygen atoms in total. The van der Waals surface area contributed by atoms with Gasteiger partial charge >= 0.3 is 0 Å². The minimum absolute atomic E-state index is 0.247. The molecule has 0 spiro atoms. The average molecular weight is 415 g/mol. The maximum absolute atomic E-state index is 14.9. The van der Waals surface area contributed by atoms with Crippen molar-refractivity contribution in [2.24, 2.45) is 0 Å². The Morgan fingerprint density at radius 1 is 1.25 bits per heavy atom. The molecule has 0 aliphatic carbocycles. The Morgan fingerprint density at radius 2 is 2.11 bits per heavy atom. The lowest BCUT2D eigenvalue weighted by atomic mass is 10.0. The Kier molecular flexibility index (Phi) is 5.82. The summed E-state index contributed by atoms with van der Waals surface area (Å²) in [4.78, 5) is 6.82. The van der Waals surface area contributed by atoms with Crippen molar-refractivity contribution in [2.75, 3.05) is 29.5 Å². The number of halogens is 1. The van der Waals surface area contributed by atoms with E-state index in [9.17, 15) is 4.39 Å². The normalized spacial score (nSPS) is 15.2. The van der Waals surface area contributed by atoms with Gasteiger partial charge in [-0.25, -0.2) is 4.39 Å². The second-order valence-corrected chi connectivity index (χ2v) is 7.96. The topological polar surface area (TPSA) is 69.7 Å². The highest BCUT2D eigenvalue weighted by atomic mass is 32.2. The molecular formula is C19H19FN6S2. The average Bonchev–Trinajstić information content (AvgIpc) is 3.27. The number of aromatic nitrogens is 4. The Bertz CT molecular complexity index is 929. The molecule has 28 heavy (non-hydrogen) atoms. The van der Waals surface area contributed by atoms with Crippen LogP contribution in [0.4, 0.5) is 10.1 Å². The molecule has 2 aromatic heterocycles. The molecule has 1 atom stereocenters. The summed E-state index contributed by atoms with van der Waals surface area (Å²) in [6.45, 7) is 1.71. The molecule has 4 rings (SSSR count). The molecule has 1 aliphatic heterocycles. The van der Waals surface area contributed by atoms with Crippen LogP contribution in [-0.2, 0) is 0 Å². The first-order valence-corrected chi connectivity index (χ1v) is 10.5. The molecule has 3 heterocycles. The summed E-state index contributed by atoms with van der Waals surface area (Å²) >= 11 is 7.39. The fourth-order valence-corrected chi connectivity index (χ4v) is 4.28. The zero-order valence-corrected chi connectivity index (χ0v) is 16.6. The molecular weight excluding hydrogens is 395 g/mol. The molecule has 9 heteroatoms. The van der Waals surface area contributed by atoms with Crippen molar-refractivity contribution in [1.29, 1.82) is 0 Å². The van der Waals surface area contributed by atoms with E-state index in [2.05, 4.69) is 30.6 Å². The third-order valence-corrected chi connectivity index (χ3v) is 5.83. The van der Waals surface area contributed by atoms with Gasteiger partial charge in [0.05, 0.1) is 23.6 Å². The van der Waals surface area contributed by atoms with E-state index in [0.717, 1.165) is 30.2 Å². The van der Waals surface area contributed by atoms with Crippen LogP contribution in [0, 0.1) is 5.82 Å². The smallest absolute Gasteiger partial charge is 0.146 e. The van der Waals surface area contributed by atoms with Crippen LogP contribution in [0.2, 0.25) is 0 Å². The largest absolute Gasteiger partial charge is 0.368 e. The van der Waals surface area contributed by atoms with Gasteiger partial charge in [-0.3, -0.25) is 4.98 Å². The van der Waals surface area contributed by atoms with Crippen molar-refractivity contribution < 1.29 is 4.39 Å². The van der Waals surface area contributed by atoms with Crippen LogP contribution in [0.25, 0.3) is 0 Å². The first-order chi connectivity index (χ1) is 13.7. The molecule has 2 N–H and O–H groups in total. The molecule has 1 aromatic carbocycles. The summed E-state index contributed by atoms with van der Waals surface area (Å²) < 4.78 is 14.9. The fourth-order valence-electron chi connectivity index (χ4n) is 3.14. The molecule has 0 amide bonds. The van der Waals surface area contributed by atoms with Crippen molar-refractivity contribution in [3.8, 4) is 0 Å². The van der Waals surface area contributed by atoms with Crippen molar-refractivity contribution in [1.82, 2.24) is 25.7 Å². The van der Waals surface area contributed by atoms with Crippen LogP contribution in [-0.4, -0.2) is 50.0 Å². The molecule has 1 fully saturated rings. The maximum Gasteiger partial charge on any atom is 0.146 e. The number of thioether (sulfide) groups is 1. The molecule has 144 valence electrons. The van der Waals surface area contributed by atoms with E-state index < -0.39 is 6.04 Å². The van der Waals surface area contributed by atoms with Crippen LogP contribution < -0.4 is 10.2 Å². The van der Waals surface area contributed by atoms with E-state index >= 15 is 0 Å². The van der Waals surface area contributed by atoms with Gasteiger partial charge in [0, 0.05) is 30.8 Å². The lowest BCUT2D eigenvalue weighted by Gasteiger charge is -2.29. The van der Waals surface area contributed by atoms with Gasteiger partial charge in [-0.15, -0.1) is 0 Å². The molecule has 0 bridgehead atoms. The number of hydrogen-bond donors (Lipinski definition) is 2. The third-order valence-electron chi connectivity index (χ3n) is 4.56. The summed E-state index contributed by atoms with van der Waals surface area (Å²) in [5.74, 6) is 1.79. The van der Waals surface area contributed by atoms with E-state index in [4.69, 9.17) is 12.2 Å². The lowest BCUT2D eigenvalue weighted by Crippen LogP contribution is -2.33. The van der Waals surface area contributed by atoms with E-state index in [1.54, 1.807) is 18.5 Å². The minimum Gasteiger partial charge on any atom is -0.368 e. The number of nitrogens with zero attached hydrogens (tertiary/aromatic N) is 4. The van der Waals surface area contributed by atoms with Gasteiger partial charge in [-0.1, -0.05) is 24.4 Å². The standard InChI is InChI=1S/C19H19FN6S2/c20-14-11-13(4-5-17(14)26-7-9-28-10-8-26)18(16-12-22-25-24-16)23-19(27)15-3-1-2-6-21-15/h1-6,11-12,18H,7-10H2,(H,23,27)(H,22,24,25). The van der Waals surface area contributed by atoms with Crippen molar-refractivity contribution in [3.05, 3.63) is 71.6 Å². The summed E-state index contributed by atoms with van der Waals surface area (Å²) in [6.07, 6.45) is 3.28. The highest BCUT2D eigenvalue weighted by Crippen LogP contribution is 2.28. The zero-order valence-electron chi connectivity index (χ0n) is 15.0. The van der Waals surface area contributed by atoms with Crippen LogP contribution >= 0.6 is 24.0 Å². The second-order valence-electron chi connectivity index (χ2n) is 6.33. The SMILES string of the molecule is Fc1cc(C(NC(=S)c2ccccn2)c2cn[nH]n2)ccc1N1CCSCC1.